The molecule has 0 aromatic heterocycles. The zero-order valence-corrected chi connectivity index (χ0v) is 12.1. The highest BCUT2D eigenvalue weighted by Gasteiger charge is 2.73. The van der Waals surface area contributed by atoms with E-state index in [0.717, 1.165) is 32.1 Å². The summed E-state index contributed by atoms with van der Waals surface area (Å²) < 4.78 is 11.8. The summed E-state index contributed by atoms with van der Waals surface area (Å²) in [6, 6.07) is 0. The lowest BCUT2D eigenvalue weighted by Gasteiger charge is -2.26. The van der Waals surface area contributed by atoms with E-state index in [2.05, 4.69) is 6.92 Å². The number of carbonyl (C=O) groups excluding carboxylic acids is 1. The molecule has 0 aromatic rings. The Morgan fingerprint density at radius 3 is 2.37 bits per heavy atom. The molecule has 0 amide bonds. The van der Waals surface area contributed by atoms with E-state index in [4.69, 9.17) is 9.47 Å². The van der Waals surface area contributed by atoms with Crippen molar-refractivity contribution in [2.45, 2.75) is 94.9 Å². The van der Waals surface area contributed by atoms with Crippen LogP contribution in [0.2, 0.25) is 0 Å². The molecule has 2 saturated carbocycles. The van der Waals surface area contributed by atoms with Crippen molar-refractivity contribution < 1.29 is 14.3 Å². The van der Waals surface area contributed by atoms with Gasteiger partial charge in [-0.3, -0.25) is 0 Å². The lowest BCUT2D eigenvalue weighted by Crippen LogP contribution is -2.38. The Bertz CT molecular complexity index is 340. The molecule has 1 spiro atoms. The fourth-order valence-corrected chi connectivity index (χ4v) is 4.13. The van der Waals surface area contributed by atoms with Gasteiger partial charge in [0.1, 0.15) is 11.7 Å². The largest absolute Gasteiger partial charge is 0.460 e. The van der Waals surface area contributed by atoms with Gasteiger partial charge in [0.05, 0.1) is 0 Å². The van der Waals surface area contributed by atoms with Crippen molar-refractivity contribution >= 4 is 5.97 Å². The Hall–Kier alpha value is -0.570. The van der Waals surface area contributed by atoms with Gasteiger partial charge in [-0.2, -0.15) is 0 Å². The van der Waals surface area contributed by atoms with Crippen LogP contribution in [0.5, 0.6) is 0 Å². The first-order chi connectivity index (χ1) is 9.22. The summed E-state index contributed by atoms with van der Waals surface area (Å²) in [6.45, 7) is 2.06. The fourth-order valence-electron chi connectivity index (χ4n) is 4.13. The molecule has 3 fully saturated rings. The molecule has 1 unspecified atom stereocenters. The van der Waals surface area contributed by atoms with Gasteiger partial charge in [0.2, 0.25) is 0 Å². The maximum atomic E-state index is 12.6. The first kappa shape index (κ1) is 13.4. The fraction of sp³-hybridized carbons (Fsp3) is 0.938. The molecular formula is C16H26O3. The highest BCUT2D eigenvalue weighted by molar-refractivity contribution is 5.85. The Morgan fingerprint density at radius 1 is 1.11 bits per heavy atom. The Morgan fingerprint density at radius 2 is 1.74 bits per heavy atom. The lowest BCUT2D eigenvalue weighted by atomic mass is 9.78. The van der Waals surface area contributed by atoms with Crippen LogP contribution in [0, 0.1) is 0 Å². The molecule has 0 bridgehead atoms. The highest BCUT2D eigenvalue weighted by Crippen LogP contribution is 2.59. The van der Waals surface area contributed by atoms with Crippen molar-refractivity contribution in [2.75, 3.05) is 0 Å². The Labute approximate surface area is 116 Å². The van der Waals surface area contributed by atoms with Crippen LogP contribution in [0.25, 0.3) is 0 Å². The molecule has 3 aliphatic rings. The summed E-state index contributed by atoms with van der Waals surface area (Å²) in [6.07, 6.45) is 12.4. The van der Waals surface area contributed by atoms with Gasteiger partial charge in [0.25, 0.3) is 0 Å². The van der Waals surface area contributed by atoms with Crippen molar-refractivity contribution in [1.82, 2.24) is 0 Å². The van der Waals surface area contributed by atoms with E-state index in [0.29, 0.717) is 0 Å². The van der Waals surface area contributed by atoms with Crippen LogP contribution in [-0.2, 0) is 14.3 Å². The van der Waals surface area contributed by atoms with E-state index in [1.54, 1.807) is 0 Å². The van der Waals surface area contributed by atoms with Gasteiger partial charge in [-0.25, -0.2) is 4.79 Å². The minimum atomic E-state index is -0.592. The summed E-state index contributed by atoms with van der Waals surface area (Å²) in [4.78, 5) is 12.6. The molecule has 0 radical (unpaired) electrons. The van der Waals surface area contributed by atoms with Crippen LogP contribution < -0.4 is 0 Å². The zero-order valence-electron chi connectivity index (χ0n) is 12.1. The molecule has 1 saturated heterocycles. The highest BCUT2D eigenvalue weighted by atomic mass is 16.7. The average molecular weight is 266 g/mol. The molecule has 1 aliphatic heterocycles. The summed E-state index contributed by atoms with van der Waals surface area (Å²) in [7, 11) is 0. The molecule has 3 rings (SSSR count). The molecular weight excluding hydrogens is 240 g/mol. The molecule has 3 heteroatoms. The van der Waals surface area contributed by atoms with Gasteiger partial charge in [-0.1, -0.05) is 32.6 Å². The Balaban J connectivity index is 1.64. The van der Waals surface area contributed by atoms with Crippen LogP contribution in [0.1, 0.15) is 77.6 Å². The van der Waals surface area contributed by atoms with Gasteiger partial charge in [-0.15, -0.1) is 0 Å². The molecule has 0 aromatic carbocycles. The van der Waals surface area contributed by atoms with E-state index >= 15 is 0 Å². The number of ether oxygens (including phenoxy) is 2. The third-order valence-corrected chi connectivity index (χ3v) is 5.38. The van der Waals surface area contributed by atoms with Crippen LogP contribution in [0.3, 0.4) is 0 Å². The number of rotatable bonds is 3. The molecule has 0 N–H and O–H groups in total. The molecule has 1 atom stereocenters. The average Bonchev–Trinajstić information content (AvgIpc) is 3.09. The summed E-state index contributed by atoms with van der Waals surface area (Å²) in [5.41, 5.74) is -0.753. The third kappa shape index (κ3) is 2.20. The molecule has 108 valence electrons. The number of carbonyl (C=O) groups is 1. The summed E-state index contributed by atoms with van der Waals surface area (Å²) in [5.74, 6) is -0.0659. The third-order valence-electron chi connectivity index (χ3n) is 5.38. The maximum Gasteiger partial charge on any atom is 0.341 e. The van der Waals surface area contributed by atoms with Gasteiger partial charge in [-0.05, 0) is 44.9 Å². The first-order valence-electron chi connectivity index (χ1n) is 8.14. The van der Waals surface area contributed by atoms with E-state index in [9.17, 15) is 4.79 Å². The van der Waals surface area contributed by atoms with E-state index in [1.165, 1.54) is 38.5 Å². The standard InChI is InChI=1S/C16H26O3/c1-2-16(15(19-16)11-7-4-8-12-15)14(17)18-13-9-5-3-6-10-13/h13H,2-12H2,1H3. The maximum absolute atomic E-state index is 12.6. The number of hydrogen-bond donors (Lipinski definition) is 0. The second-order valence-electron chi connectivity index (χ2n) is 6.50. The van der Waals surface area contributed by atoms with Crippen LogP contribution in [0.15, 0.2) is 0 Å². The predicted octanol–water partition coefficient (Wildman–Crippen LogP) is 3.74. The van der Waals surface area contributed by atoms with Gasteiger partial charge in [0, 0.05) is 0 Å². The van der Waals surface area contributed by atoms with Crippen LogP contribution in [0.4, 0.5) is 0 Å². The van der Waals surface area contributed by atoms with Crippen molar-refractivity contribution in [3.63, 3.8) is 0 Å². The van der Waals surface area contributed by atoms with Gasteiger partial charge >= 0.3 is 5.97 Å². The molecule has 19 heavy (non-hydrogen) atoms. The van der Waals surface area contributed by atoms with Gasteiger partial charge < -0.3 is 9.47 Å². The van der Waals surface area contributed by atoms with Crippen molar-refractivity contribution in [3.05, 3.63) is 0 Å². The Kier molecular flexibility index (Phi) is 3.59. The van der Waals surface area contributed by atoms with E-state index in [1.807, 2.05) is 0 Å². The van der Waals surface area contributed by atoms with Crippen LogP contribution in [-0.4, -0.2) is 23.3 Å². The van der Waals surface area contributed by atoms with Gasteiger partial charge in [0.15, 0.2) is 5.60 Å². The van der Waals surface area contributed by atoms with Crippen molar-refractivity contribution in [2.24, 2.45) is 0 Å². The topological polar surface area (TPSA) is 38.8 Å². The van der Waals surface area contributed by atoms with Crippen molar-refractivity contribution in [1.29, 1.82) is 0 Å². The summed E-state index contributed by atoms with van der Waals surface area (Å²) in [5, 5.41) is 0. The SMILES string of the molecule is CCC1(C(=O)OC2CCCCC2)OC12CCCCC2. The number of esters is 1. The zero-order chi connectivity index (χ0) is 13.3. The minimum absolute atomic E-state index is 0.0659. The smallest absolute Gasteiger partial charge is 0.341 e. The normalized spacial score (nSPS) is 34.2. The second-order valence-corrected chi connectivity index (χ2v) is 6.50. The summed E-state index contributed by atoms with van der Waals surface area (Å²) >= 11 is 0. The molecule has 1 heterocycles. The van der Waals surface area contributed by atoms with Crippen molar-refractivity contribution in [3.8, 4) is 0 Å². The minimum Gasteiger partial charge on any atom is -0.460 e. The molecule has 2 aliphatic carbocycles. The quantitative estimate of drug-likeness (QED) is 0.577. The lowest BCUT2D eigenvalue weighted by molar-refractivity contribution is -0.157. The number of epoxide rings is 1. The van der Waals surface area contributed by atoms with E-state index < -0.39 is 5.60 Å². The van der Waals surface area contributed by atoms with Crippen LogP contribution >= 0.6 is 0 Å². The second kappa shape index (κ2) is 5.08. The first-order valence-corrected chi connectivity index (χ1v) is 8.14. The number of hydrogen-bond acceptors (Lipinski definition) is 3. The predicted molar refractivity (Wildman–Crippen MR) is 72.9 cm³/mol. The molecule has 3 nitrogen and oxygen atoms in total. The van der Waals surface area contributed by atoms with E-state index in [-0.39, 0.29) is 17.7 Å². The monoisotopic (exact) mass is 266 g/mol.